The average Bonchev–Trinajstić information content (AvgIpc) is 3.26. The van der Waals surface area contributed by atoms with Gasteiger partial charge in [0.15, 0.2) is 0 Å². The van der Waals surface area contributed by atoms with E-state index in [0.717, 1.165) is 16.2 Å². The lowest BCUT2D eigenvalue weighted by atomic mass is 9.99. The van der Waals surface area contributed by atoms with Crippen LogP contribution in [0.5, 0.6) is 0 Å². The molecule has 0 saturated heterocycles. The monoisotopic (exact) mass is 590 g/mol. The molecular formula is C44H31N. The standard InChI is InChI=1S/C44H31N/c1-2-9-32(10-3-1)35-21-25-42(26-22-35)45(43-27-23-36(24-28-43)40-19-17-33-11-4-6-13-37(33)29-40)44-16-8-15-39(31-44)41-20-18-34-12-5-7-14-38(34)30-41/h1-31H/i1D,2D,3D,8D,9D,10D,15D,16D,21D,22D,23D,24D,25D,26D,27D,28D,31D. The van der Waals surface area contributed by atoms with Crippen molar-refractivity contribution < 1.29 is 23.3 Å². The molecule has 1 heteroatoms. The molecule has 0 radical (unpaired) electrons. The molecule has 0 N–H and O–H groups in total. The first-order valence-corrected chi connectivity index (χ1v) is 14.1. The molecule has 0 amide bonds. The molecule has 0 heterocycles. The molecule has 0 unspecified atom stereocenters. The minimum absolute atomic E-state index is 0.123. The summed E-state index contributed by atoms with van der Waals surface area (Å²) in [5, 5.41) is 3.11. The van der Waals surface area contributed by atoms with Crippen LogP contribution >= 0.6 is 0 Å². The van der Waals surface area contributed by atoms with Crippen molar-refractivity contribution in [3.63, 3.8) is 0 Å². The highest BCUT2D eigenvalue weighted by Gasteiger charge is 2.15. The Labute approximate surface area is 288 Å². The van der Waals surface area contributed by atoms with Gasteiger partial charge in [-0.15, -0.1) is 0 Å². The SMILES string of the molecule is [2H]c1c([2H])c([2H])c(-c2c([2H])c([2H])c(N(c3c([2H])c([2H])c(-c4ccc5ccccc5c4)c([2H])c3[2H])c3c([2H])c([2H])c([2H])c(-c4ccc5ccccc5c4)c3[2H])c([2H])c2[2H])c([2H])c1[2H]. The minimum atomic E-state index is -0.962. The number of anilines is 3. The molecule has 0 aliphatic carbocycles. The number of rotatable bonds is 6. The predicted octanol–water partition coefficient (Wildman–Crippen LogP) is 12.5. The third-order valence-electron chi connectivity index (χ3n) is 7.33. The van der Waals surface area contributed by atoms with E-state index in [0.29, 0.717) is 15.8 Å². The van der Waals surface area contributed by atoms with Crippen molar-refractivity contribution in [3.8, 4) is 33.4 Å². The Balaban J connectivity index is 1.50. The lowest BCUT2D eigenvalue weighted by molar-refractivity contribution is 1.28. The Kier molecular flexibility index (Phi) is 3.68. The summed E-state index contributed by atoms with van der Waals surface area (Å²) in [6, 6.07) is 11.4. The Bertz CT molecular complexity index is 3150. The fourth-order valence-corrected chi connectivity index (χ4v) is 5.09. The van der Waals surface area contributed by atoms with Crippen molar-refractivity contribution in [2.24, 2.45) is 0 Å². The van der Waals surface area contributed by atoms with E-state index in [-0.39, 0.29) is 16.7 Å². The van der Waals surface area contributed by atoms with Gasteiger partial charge in [-0.05, 0) is 103 Å². The summed E-state index contributed by atoms with van der Waals surface area (Å²) < 4.78 is 153. The highest BCUT2D eigenvalue weighted by molar-refractivity contribution is 5.90. The topological polar surface area (TPSA) is 3.24 Å². The molecule has 0 aliphatic rings. The molecule has 212 valence electrons. The van der Waals surface area contributed by atoms with Crippen LogP contribution in [0.15, 0.2) is 188 Å². The third-order valence-corrected chi connectivity index (χ3v) is 7.33. The van der Waals surface area contributed by atoms with Crippen LogP contribution in [0.3, 0.4) is 0 Å². The molecule has 8 rings (SSSR count). The van der Waals surface area contributed by atoms with E-state index < -0.39 is 131 Å². The van der Waals surface area contributed by atoms with Crippen molar-refractivity contribution in [2.75, 3.05) is 4.90 Å². The van der Waals surface area contributed by atoms with Gasteiger partial charge in [-0.2, -0.15) is 0 Å². The summed E-state index contributed by atoms with van der Waals surface area (Å²) in [5.41, 5.74) is -3.21. The first-order chi connectivity index (χ1) is 29.4. The zero-order valence-corrected chi connectivity index (χ0v) is 23.5. The second kappa shape index (κ2) is 11.6. The summed E-state index contributed by atoms with van der Waals surface area (Å²) in [7, 11) is 0. The highest BCUT2D eigenvalue weighted by Crippen LogP contribution is 2.39. The second-order valence-electron chi connectivity index (χ2n) is 10.1. The fraction of sp³-hybridized carbons (Fsp3) is 0. The Morgan fingerprint density at radius 1 is 0.333 bits per heavy atom. The van der Waals surface area contributed by atoms with Crippen LogP contribution in [-0.4, -0.2) is 0 Å². The van der Waals surface area contributed by atoms with Gasteiger partial charge in [-0.3, -0.25) is 0 Å². The summed E-state index contributed by atoms with van der Waals surface area (Å²) in [6.45, 7) is 0. The molecule has 0 bridgehead atoms. The molecule has 8 aromatic rings. The third kappa shape index (κ3) is 5.37. The van der Waals surface area contributed by atoms with Crippen molar-refractivity contribution in [3.05, 3.63) is 188 Å². The summed E-state index contributed by atoms with van der Waals surface area (Å²) in [6.07, 6.45) is 0. The summed E-state index contributed by atoms with van der Waals surface area (Å²) >= 11 is 0. The van der Waals surface area contributed by atoms with Gasteiger partial charge in [0.05, 0.1) is 23.3 Å². The first-order valence-electron chi connectivity index (χ1n) is 22.6. The van der Waals surface area contributed by atoms with Crippen molar-refractivity contribution in [1.29, 1.82) is 0 Å². The van der Waals surface area contributed by atoms with E-state index >= 15 is 0 Å². The van der Waals surface area contributed by atoms with Gasteiger partial charge in [-0.25, -0.2) is 0 Å². The normalized spacial score (nSPS) is 16.4. The zero-order valence-electron chi connectivity index (χ0n) is 40.5. The smallest absolute Gasteiger partial charge is 0.0651 e. The molecule has 1 nitrogen and oxygen atoms in total. The van der Waals surface area contributed by atoms with Gasteiger partial charge in [0, 0.05) is 17.1 Å². The van der Waals surface area contributed by atoms with E-state index in [1.54, 1.807) is 54.6 Å². The second-order valence-corrected chi connectivity index (χ2v) is 10.1. The summed E-state index contributed by atoms with van der Waals surface area (Å²) in [5.74, 6) is 0. The summed E-state index contributed by atoms with van der Waals surface area (Å²) in [4.78, 5) is 0.712. The van der Waals surface area contributed by atoms with Crippen LogP contribution < -0.4 is 4.90 Å². The Hall–Kier alpha value is -5.92. The van der Waals surface area contributed by atoms with Crippen LogP contribution in [0.2, 0.25) is 0 Å². The number of nitrogens with zero attached hydrogens (tertiary/aromatic N) is 1. The molecule has 0 aliphatic heterocycles. The van der Waals surface area contributed by atoms with Gasteiger partial charge < -0.3 is 4.90 Å². The van der Waals surface area contributed by atoms with E-state index in [1.807, 2.05) is 30.3 Å². The molecule has 8 aromatic carbocycles. The molecule has 0 saturated carbocycles. The lowest BCUT2D eigenvalue weighted by Gasteiger charge is -2.26. The number of benzene rings is 8. The molecule has 0 atom stereocenters. The predicted molar refractivity (Wildman–Crippen MR) is 192 cm³/mol. The van der Waals surface area contributed by atoms with E-state index in [9.17, 15) is 13.7 Å². The van der Waals surface area contributed by atoms with Crippen LogP contribution in [-0.2, 0) is 0 Å². The van der Waals surface area contributed by atoms with Crippen molar-refractivity contribution >= 4 is 38.6 Å². The van der Waals surface area contributed by atoms with Gasteiger partial charge >= 0.3 is 0 Å². The van der Waals surface area contributed by atoms with E-state index in [2.05, 4.69) is 0 Å². The average molecular weight is 591 g/mol. The van der Waals surface area contributed by atoms with Gasteiger partial charge in [0.1, 0.15) is 0 Å². The van der Waals surface area contributed by atoms with Crippen molar-refractivity contribution in [1.82, 2.24) is 0 Å². The largest absolute Gasteiger partial charge is 0.310 e. The first kappa shape index (κ1) is 14.2. The molecule has 45 heavy (non-hydrogen) atoms. The van der Waals surface area contributed by atoms with Crippen LogP contribution in [0, 0.1) is 0 Å². The highest BCUT2D eigenvalue weighted by atomic mass is 15.1. The number of hydrogen-bond acceptors (Lipinski definition) is 1. The van der Waals surface area contributed by atoms with E-state index in [4.69, 9.17) is 9.60 Å². The van der Waals surface area contributed by atoms with Gasteiger partial charge in [0.25, 0.3) is 0 Å². The number of fused-ring (bicyclic) bond motifs is 2. The quantitative estimate of drug-likeness (QED) is 0.186. The lowest BCUT2D eigenvalue weighted by Crippen LogP contribution is -2.10. The van der Waals surface area contributed by atoms with Gasteiger partial charge in [-0.1, -0.05) is 139 Å². The Morgan fingerprint density at radius 2 is 0.800 bits per heavy atom. The van der Waals surface area contributed by atoms with E-state index in [1.165, 1.54) is 0 Å². The van der Waals surface area contributed by atoms with Crippen LogP contribution in [0.1, 0.15) is 23.3 Å². The van der Waals surface area contributed by atoms with Crippen molar-refractivity contribution in [2.45, 2.75) is 0 Å². The molecule has 0 aromatic heterocycles. The zero-order chi connectivity index (χ0) is 44.8. The maximum atomic E-state index is 9.64. The van der Waals surface area contributed by atoms with Gasteiger partial charge in [0.2, 0.25) is 0 Å². The van der Waals surface area contributed by atoms with Crippen LogP contribution in [0.25, 0.3) is 54.9 Å². The molecule has 0 spiro atoms. The maximum Gasteiger partial charge on any atom is 0.0651 e. The number of hydrogen-bond donors (Lipinski definition) is 0. The molecule has 0 fully saturated rings. The fourth-order valence-electron chi connectivity index (χ4n) is 5.09. The van der Waals surface area contributed by atoms with Crippen LogP contribution in [0.4, 0.5) is 17.1 Å². The Morgan fingerprint density at radius 3 is 1.38 bits per heavy atom. The molecular weight excluding hydrogens is 542 g/mol. The minimum Gasteiger partial charge on any atom is -0.310 e. The maximum absolute atomic E-state index is 9.64.